The summed E-state index contributed by atoms with van der Waals surface area (Å²) in [6.07, 6.45) is 0. The van der Waals surface area contributed by atoms with E-state index in [1.54, 1.807) is 68.8 Å². The predicted octanol–water partition coefficient (Wildman–Crippen LogP) is 3.89. The lowest BCUT2D eigenvalue weighted by Gasteiger charge is -2.11. The highest BCUT2D eigenvalue weighted by atomic mass is 16.5. The van der Waals surface area contributed by atoms with Gasteiger partial charge in [0.05, 0.1) is 14.2 Å². The molecule has 0 aromatic heterocycles. The molecule has 29 heavy (non-hydrogen) atoms. The smallest absolute Gasteiger partial charge is 0.255 e. The minimum atomic E-state index is -0.208. The number of hydrogen-bond donors (Lipinski definition) is 2. The summed E-state index contributed by atoms with van der Waals surface area (Å²) < 4.78 is 10.5. The van der Waals surface area contributed by atoms with Crippen LogP contribution in [0.2, 0.25) is 0 Å². The number of rotatable bonds is 7. The molecule has 0 aliphatic carbocycles. The number of hydrogen-bond acceptors (Lipinski definition) is 4. The Bertz CT molecular complexity index is 986. The summed E-state index contributed by atoms with van der Waals surface area (Å²) in [5.41, 5.74) is 2.59. The fourth-order valence-electron chi connectivity index (χ4n) is 2.77. The third-order valence-electron chi connectivity index (χ3n) is 4.34. The van der Waals surface area contributed by atoms with E-state index in [1.165, 1.54) is 0 Å². The lowest BCUT2D eigenvalue weighted by molar-refractivity contribution is 0.0950. The van der Waals surface area contributed by atoms with Gasteiger partial charge in [-0.1, -0.05) is 24.3 Å². The van der Waals surface area contributed by atoms with E-state index in [9.17, 15) is 9.59 Å². The van der Waals surface area contributed by atoms with Gasteiger partial charge in [-0.3, -0.25) is 9.59 Å². The SMILES string of the molecule is COc1ccc(CNC(=O)c2ccc(NC(=O)c3ccccc3)cc2)cc1OC. The van der Waals surface area contributed by atoms with Gasteiger partial charge in [0.15, 0.2) is 11.5 Å². The van der Waals surface area contributed by atoms with E-state index in [1.807, 2.05) is 18.2 Å². The van der Waals surface area contributed by atoms with Crippen molar-refractivity contribution in [2.24, 2.45) is 0 Å². The van der Waals surface area contributed by atoms with Gasteiger partial charge < -0.3 is 20.1 Å². The molecule has 2 N–H and O–H groups in total. The first-order valence-corrected chi connectivity index (χ1v) is 9.06. The van der Waals surface area contributed by atoms with Crippen LogP contribution in [0.15, 0.2) is 72.8 Å². The van der Waals surface area contributed by atoms with E-state index in [4.69, 9.17) is 9.47 Å². The first-order chi connectivity index (χ1) is 14.1. The topological polar surface area (TPSA) is 76.7 Å². The second-order valence-corrected chi connectivity index (χ2v) is 6.27. The second-order valence-electron chi connectivity index (χ2n) is 6.27. The number of amides is 2. The zero-order valence-electron chi connectivity index (χ0n) is 16.3. The average Bonchev–Trinajstić information content (AvgIpc) is 2.78. The highest BCUT2D eigenvalue weighted by Gasteiger charge is 2.09. The van der Waals surface area contributed by atoms with Crippen LogP contribution in [-0.4, -0.2) is 26.0 Å². The van der Waals surface area contributed by atoms with Crippen molar-refractivity contribution in [1.82, 2.24) is 5.32 Å². The minimum Gasteiger partial charge on any atom is -0.493 e. The van der Waals surface area contributed by atoms with Gasteiger partial charge in [0, 0.05) is 23.4 Å². The Kier molecular flexibility index (Phi) is 6.47. The van der Waals surface area contributed by atoms with Crippen molar-refractivity contribution in [3.63, 3.8) is 0 Å². The molecule has 6 nitrogen and oxygen atoms in total. The molecule has 3 aromatic carbocycles. The summed E-state index contributed by atoms with van der Waals surface area (Å²) >= 11 is 0. The summed E-state index contributed by atoms with van der Waals surface area (Å²) in [5, 5.41) is 5.68. The normalized spacial score (nSPS) is 10.1. The van der Waals surface area contributed by atoms with Crippen LogP contribution in [0.1, 0.15) is 26.3 Å². The molecular weight excluding hydrogens is 368 g/mol. The summed E-state index contributed by atoms with van der Waals surface area (Å²) in [4.78, 5) is 24.6. The zero-order chi connectivity index (χ0) is 20.6. The van der Waals surface area contributed by atoms with E-state index in [0.717, 1.165) is 5.56 Å². The monoisotopic (exact) mass is 390 g/mol. The molecule has 0 radical (unpaired) electrons. The second kappa shape index (κ2) is 9.41. The van der Waals surface area contributed by atoms with Gasteiger partial charge in [-0.25, -0.2) is 0 Å². The highest BCUT2D eigenvalue weighted by Crippen LogP contribution is 2.27. The fraction of sp³-hybridized carbons (Fsp3) is 0.130. The van der Waals surface area contributed by atoms with Crippen LogP contribution >= 0.6 is 0 Å². The van der Waals surface area contributed by atoms with Crippen LogP contribution in [0, 0.1) is 0 Å². The molecule has 2 amide bonds. The van der Waals surface area contributed by atoms with Crippen molar-refractivity contribution < 1.29 is 19.1 Å². The molecule has 0 aliphatic heterocycles. The minimum absolute atomic E-state index is 0.198. The number of carbonyl (C=O) groups excluding carboxylic acids is 2. The average molecular weight is 390 g/mol. The Balaban J connectivity index is 1.58. The van der Waals surface area contributed by atoms with Crippen molar-refractivity contribution in [2.75, 3.05) is 19.5 Å². The molecule has 0 unspecified atom stereocenters. The Labute approximate surface area is 169 Å². The largest absolute Gasteiger partial charge is 0.493 e. The molecule has 3 rings (SSSR count). The number of nitrogens with one attached hydrogen (secondary N) is 2. The van der Waals surface area contributed by atoms with Crippen LogP contribution in [0.3, 0.4) is 0 Å². The Hall–Kier alpha value is -3.80. The maximum atomic E-state index is 12.4. The van der Waals surface area contributed by atoms with Gasteiger partial charge >= 0.3 is 0 Å². The van der Waals surface area contributed by atoms with E-state index >= 15 is 0 Å². The van der Waals surface area contributed by atoms with E-state index in [0.29, 0.717) is 34.9 Å². The Morgan fingerprint density at radius 1 is 0.759 bits per heavy atom. The maximum absolute atomic E-state index is 12.4. The molecular formula is C23H22N2O4. The quantitative estimate of drug-likeness (QED) is 0.642. The van der Waals surface area contributed by atoms with Crippen molar-refractivity contribution >= 4 is 17.5 Å². The first kappa shape index (κ1) is 19.9. The van der Waals surface area contributed by atoms with Gasteiger partial charge in [-0.2, -0.15) is 0 Å². The number of methoxy groups -OCH3 is 2. The van der Waals surface area contributed by atoms with Crippen molar-refractivity contribution in [2.45, 2.75) is 6.54 Å². The molecule has 148 valence electrons. The number of carbonyl (C=O) groups is 2. The van der Waals surface area contributed by atoms with Gasteiger partial charge in [0.1, 0.15) is 0 Å². The van der Waals surface area contributed by atoms with Gasteiger partial charge in [0.25, 0.3) is 11.8 Å². The molecule has 0 heterocycles. The molecule has 0 bridgehead atoms. The third-order valence-corrected chi connectivity index (χ3v) is 4.34. The molecule has 3 aromatic rings. The van der Waals surface area contributed by atoms with Crippen LogP contribution in [0.25, 0.3) is 0 Å². The van der Waals surface area contributed by atoms with Crippen LogP contribution in [-0.2, 0) is 6.54 Å². The maximum Gasteiger partial charge on any atom is 0.255 e. The number of ether oxygens (including phenoxy) is 2. The van der Waals surface area contributed by atoms with Gasteiger partial charge in [-0.05, 0) is 54.1 Å². The van der Waals surface area contributed by atoms with Crippen molar-refractivity contribution in [3.8, 4) is 11.5 Å². The highest BCUT2D eigenvalue weighted by molar-refractivity contribution is 6.04. The van der Waals surface area contributed by atoms with E-state index in [-0.39, 0.29) is 11.8 Å². The zero-order valence-corrected chi connectivity index (χ0v) is 16.3. The van der Waals surface area contributed by atoms with E-state index in [2.05, 4.69) is 10.6 Å². The summed E-state index contributed by atoms with van der Waals surface area (Å²) in [7, 11) is 3.14. The summed E-state index contributed by atoms with van der Waals surface area (Å²) in [6, 6.07) is 21.2. The van der Waals surface area contributed by atoms with Crippen molar-refractivity contribution in [1.29, 1.82) is 0 Å². The Morgan fingerprint density at radius 2 is 1.41 bits per heavy atom. The fourth-order valence-corrected chi connectivity index (χ4v) is 2.77. The number of anilines is 1. The number of benzene rings is 3. The molecule has 0 saturated carbocycles. The molecule has 6 heteroatoms. The first-order valence-electron chi connectivity index (χ1n) is 9.06. The molecule has 0 saturated heterocycles. The predicted molar refractivity (Wildman–Crippen MR) is 112 cm³/mol. The Morgan fingerprint density at radius 3 is 2.07 bits per heavy atom. The van der Waals surface area contributed by atoms with Gasteiger partial charge in [0.2, 0.25) is 0 Å². The van der Waals surface area contributed by atoms with Crippen LogP contribution in [0.5, 0.6) is 11.5 Å². The molecule has 0 atom stereocenters. The van der Waals surface area contributed by atoms with E-state index < -0.39 is 0 Å². The third kappa shape index (κ3) is 5.13. The van der Waals surface area contributed by atoms with Crippen LogP contribution in [0.4, 0.5) is 5.69 Å². The molecule has 0 aliphatic rings. The summed E-state index contributed by atoms with van der Waals surface area (Å²) in [5.74, 6) is 0.838. The van der Waals surface area contributed by atoms with Gasteiger partial charge in [-0.15, -0.1) is 0 Å². The summed E-state index contributed by atoms with van der Waals surface area (Å²) in [6.45, 7) is 0.353. The van der Waals surface area contributed by atoms with Crippen LogP contribution < -0.4 is 20.1 Å². The molecule has 0 fully saturated rings. The van der Waals surface area contributed by atoms with Crippen molar-refractivity contribution in [3.05, 3.63) is 89.5 Å². The molecule has 0 spiro atoms. The lowest BCUT2D eigenvalue weighted by Crippen LogP contribution is -2.22. The lowest BCUT2D eigenvalue weighted by atomic mass is 10.1. The standard InChI is InChI=1S/C23H22N2O4/c1-28-20-13-8-16(14-21(20)29-2)15-24-22(26)18-9-11-19(12-10-18)25-23(27)17-6-4-3-5-7-17/h3-14H,15H2,1-2H3,(H,24,26)(H,25,27).